The number of benzene rings is 1. The molecule has 1 saturated carbocycles. The van der Waals surface area contributed by atoms with Gasteiger partial charge in [-0.25, -0.2) is 9.97 Å². The van der Waals surface area contributed by atoms with Gasteiger partial charge in [-0.1, -0.05) is 12.8 Å². The van der Waals surface area contributed by atoms with E-state index >= 15 is 0 Å². The van der Waals surface area contributed by atoms with E-state index in [0.29, 0.717) is 12.0 Å². The normalized spacial score (nSPS) is 14.4. The standard InChI is InChI=1S/C22H22N6S/c1-14-24-19-11-17(8-9-20(19)29-14)25-21-12-18(15-5-4-10-23-13-15)27-22(28-21)26-16-6-2-3-7-16/h4-5,8-13,16H,2-3,6-7H2,1H3,(H2,25,26,27,28). The molecule has 29 heavy (non-hydrogen) atoms. The molecule has 146 valence electrons. The molecule has 1 aliphatic carbocycles. The summed E-state index contributed by atoms with van der Waals surface area (Å²) in [5.41, 5.74) is 3.79. The van der Waals surface area contributed by atoms with Gasteiger partial charge in [0.1, 0.15) is 5.82 Å². The van der Waals surface area contributed by atoms with E-state index in [1.165, 1.54) is 30.4 Å². The summed E-state index contributed by atoms with van der Waals surface area (Å²) in [4.78, 5) is 18.3. The van der Waals surface area contributed by atoms with E-state index < -0.39 is 0 Å². The topological polar surface area (TPSA) is 75.6 Å². The second-order valence-electron chi connectivity index (χ2n) is 7.37. The molecule has 0 saturated heterocycles. The second kappa shape index (κ2) is 7.75. The third kappa shape index (κ3) is 4.05. The van der Waals surface area contributed by atoms with Gasteiger partial charge in [0.15, 0.2) is 0 Å². The molecule has 1 aliphatic rings. The molecule has 1 aromatic carbocycles. The number of aryl methyl sites for hydroxylation is 1. The van der Waals surface area contributed by atoms with Gasteiger partial charge >= 0.3 is 0 Å². The Morgan fingerprint density at radius 3 is 2.76 bits per heavy atom. The Morgan fingerprint density at radius 2 is 1.93 bits per heavy atom. The van der Waals surface area contributed by atoms with Crippen molar-refractivity contribution in [2.45, 2.75) is 38.6 Å². The van der Waals surface area contributed by atoms with E-state index in [9.17, 15) is 0 Å². The molecule has 0 aliphatic heterocycles. The number of thiazole rings is 1. The van der Waals surface area contributed by atoms with Gasteiger partial charge in [-0.3, -0.25) is 4.98 Å². The molecule has 0 amide bonds. The summed E-state index contributed by atoms with van der Waals surface area (Å²) in [7, 11) is 0. The fraction of sp³-hybridized carbons (Fsp3) is 0.273. The van der Waals surface area contributed by atoms with Crippen LogP contribution in [0.5, 0.6) is 0 Å². The predicted molar refractivity (Wildman–Crippen MR) is 119 cm³/mol. The van der Waals surface area contributed by atoms with E-state index in [4.69, 9.17) is 9.97 Å². The van der Waals surface area contributed by atoms with E-state index in [2.05, 4.69) is 38.8 Å². The maximum atomic E-state index is 4.75. The number of rotatable bonds is 5. The Bertz CT molecular complexity index is 1130. The van der Waals surface area contributed by atoms with Crippen LogP contribution in [-0.2, 0) is 0 Å². The molecule has 6 nitrogen and oxygen atoms in total. The van der Waals surface area contributed by atoms with Crippen molar-refractivity contribution in [3.05, 3.63) is 53.8 Å². The highest BCUT2D eigenvalue weighted by Crippen LogP contribution is 2.28. The summed E-state index contributed by atoms with van der Waals surface area (Å²) in [5, 5.41) is 8.02. The predicted octanol–water partition coefficient (Wildman–Crippen LogP) is 5.55. The maximum absolute atomic E-state index is 4.75. The van der Waals surface area contributed by atoms with Gasteiger partial charge in [-0.05, 0) is 50.1 Å². The first-order valence-electron chi connectivity index (χ1n) is 9.93. The zero-order valence-electron chi connectivity index (χ0n) is 16.2. The average Bonchev–Trinajstić information content (AvgIpc) is 3.36. The molecule has 0 bridgehead atoms. The van der Waals surface area contributed by atoms with Gasteiger partial charge in [0.05, 0.1) is 20.9 Å². The van der Waals surface area contributed by atoms with E-state index in [0.717, 1.165) is 33.3 Å². The van der Waals surface area contributed by atoms with E-state index in [1.54, 1.807) is 17.5 Å². The number of pyridine rings is 1. The molecule has 3 heterocycles. The smallest absolute Gasteiger partial charge is 0.225 e. The van der Waals surface area contributed by atoms with Crippen LogP contribution in [0.15, 0.2) is 48.8 Å². The molecule has 0 spiro atoms. The van der Waals surface area contributed by atoms with Crippen LogP contribution in [0.1, 0.15) is 30.7 Å². The Kier molecular flexibility index (Phi) is 4.81. The van der Waals surface area contributed by atoms with Crippen LogP contribution in [0.3, 0.4) is 0 Å². The van der Waals surface area contributed by atoms with Gasteiger partial charge < -0.3 is 10.6 Å². The van der Waals surface area contributed by atoms with Crippen LogP contribution < -0.4 is 10.6 Å². The van der Waals surface area contributed by atoms with Crippen molar-refractivity contribution in [2.75, 3.05) is 10.6 Å². The first kappa shape index (κ1) is 18.0. The van der Waals surface area contributed by atoms with Crippen molar-refractivity contribution in [1.29, 1.82) is 0 Å². The largest absolute Gasteiger partial charge is 0.351 e. The Labute approximate surface area is 173 Å². The number of aromatic nitrogens is 4. The lowest BCUT2D eigenvalue weighted by Gasteiger charge is -2.15. The summed E-state index contributed by atoms with van der Waals surface area (Å²) >= 11 is 1.71. The van der Waals surface area contributed by atoms with Crippen molar-refractivity contribution in [3.63, 3.8) is 0 Å². The Hall–Kier alpha value is -3.06. The molecule has 5 rings (SSSR count). The summed E-state index contributed by atoms with van der Waals surface area (Å²) in [6, 6.07) is 12.6. The number of nitrogens with zero attached hydrogens (tertiary/aromatic N) is 4. The number of hydrogen-bond acceptors (Lipinski definition) is 7. The minimum Gasteiger partial charge on any atom is -0.351 e. The van der Waals surface area contributed by atoms with Crippen molar-refractivity contribution < 1.29 is 0 Å². The summed E-state index contributed by atoms with van der Waals surface area (Å²) in [6.07, 6.45) is 8.46. The van der Waals surface area contributed by atoms with Gasteiger partial charge in [-0.2, -0.15) is 4.98 Å². The summed E-state index contributed by atoms with van der Waals surface area (Å²) in [6.45, 7) is 2.03. The van der Waals surface area contributed by atoms with E-state index in [-0.39, 0.29) is 0 Å². The first-order chi connectivity index (χ1) is 14.2. The number of nitrogens with one attached hydrogen (secondary N) is 2. The van der Waals surface area contributed by atoms with Crippen LogP contribution in [0.2, 0.25) is 0 Å². The number of fused-ring (bicyclic) bond motifs is 1. The minimum atomic E-state index is 0.446. The minimum absolute atomic E-state index is 0.446. The Morgan fingerprint density at radius 1 is 1.03 bits per heavy atom. The van der Waals surface area contributed by atoms with Crippen LogP contribution in [-0.4, -0.2) is 26.0 Å². The number of anilines is 3. The third-order valence-electron chi connectivity index (χ3n) is 5.14. The monoisotopic (exact) mass is 402 g/mol. The molecule has 0 unspecified atom stereocenters. The molecule has 2 N–H and O–H groups in total. The van der Waals surface area contributed by atoms with Gasteiger partial charge in [0.25, 0.3) is 0 Å². The van der Waals surface area contributed by atoms with E-state index in [1.807, 2.05) is 31.3 Å². The second-order valence-corrected chi connectivity index (χ2v) is 8.60. The molecular formula is C22H22N6S. The number of hydrogen-bond donors (Lipinski definition) is 2. The van der Waals surface area contributed by atoms with Crippen LogP contribution >= 0.6 is 11.3 Å². The lowest BCUT2D eigenvalue weighted by Crippen LogP contribution is -2.17. The van der Waals surface area contributed by atoms with Crippen LogP contribution in [0.25, 0.3) is 21.5 Å². The SMILES string of the molecule is Cc1nc2cc(Nc3cc(-c4cccnc4)nc(NC4CCCC4)n3)ccc2s1. The fourth-order valence-corrected chi connectivity index (χ4v) is 4.57. The zero-order valence-corrected chi connectivity index (χ0v) is 17.0. The van der Waals surface area contributed by atoms with Gasteiger partial charge in [0, 0.05) is 35.8 Å². The summed E-state index contributed by atoms with van der Waals surface area (Å²) < 4.78 is 1.19. The van der Waals surface area contributed by atoms with Gasteiger partial charge in [-0.15, -0.1) is 11.3 Å². The van der Waals surface area contributed by atoms with Crippen molar-refractivity contribution >= 4 is 39.0 Å². The van der Waals surface area contributed by atoms with Crippen molar-refractivity contribution in [2.24, 2.45) is 0 Å². The highest BCUT2D eigenvalue weighted by atomic mass is 32.1. The van der Waals surface area contributed by atoms with Crippen molar-refractivity contribution in [3.8, 4) is 11.3 Å². The molecule has 0 radical (unpaired) electrons. The maximum Gasteiger partial charge on any atom is 0.225 e. The molecule has 7 heteroatoms. The van der Waals surface area contributed by atoms with Crippen LogP contribution in [0, 0.1) is 6.92 Å². The van der Waals surface area contributed by atoms with Gasteiger partial charge in [0.2, 0.25) is 5.95 Å². The molecule has 1 fully saturated rings. The molecular weight excluding hydrogens is 380 g/mol. The summed E-state index contributed by atoms with van der Waals surface area (Å²) in [5.74, 6) is 1.41. The highest BCUT2D eigenvalue weighted by Gasteiger charge is 2.17. The first-order valence-corrected chi connectivity index (χ1v) is 10.7. The van der Waals surface area contributed by atoms with Crippen molar-refractivity contribution in [1.82, 2.24) is 19.9 Å². The molecule has 3 aromatic heterocycles. The third-order valence-corrected chi connectivity index (χ3v) is 6.09. The molecule has 0 atom stereocenters. The molecule has 4 aromatic rings. The average molecular weight is 403 g/mol. The lowest BCUT2D eigenvalue weighted by molar-refractivity contribution is 0.744. The highest BCUT2D eigenvalue weighted by molar-refractivity contribution is 7.18. The Balaban J connectivity index is 1.49. The quantitative estimate of drug-likeness (QED) is 0.455. The lowest BCUT2D eigenvalue weighted by atomic mass is 10.2. The van der Waals surface area contributed by atoms with Crippen LogP contribution in [0.4, 0.5) is 17.5 Å². The fourth-order valence-electron chi connectivity index (χ4n) is 3.76. The zero-order chi connectivity index (χ0) is 19.6.